The lowest BCUT2D eigenvalue weighted by atomic mass is 10.1. The Hall–Kier alpha value is -2.65. The summed E-state index contributed by atoms with van der Waals surface area (Å²) in [6, 6.07) is 9.16. The number of nitrogens with zero attached hydrogens (tertiary/aromatic N) is 3. The second-order valence-corrected chi connectivity index (χ2v) is 8.38. The van der Waals surface area contributed by atoms with Crippen molar-refractivity contribution in [2.45, 2.75) is 0 Å². The van der Waals surface area contributed by atoms with E-state index in [0.717, 1.165) is 38.9 Å². The van der Waals surface area contributed by atoms with E-state index in [0.29, 0.717) is 34.3 Å². The zero-order valence-corrected chi connectivity index (χ0v) is 19.5. The molecule has 1 N–H and O–H groups in total. The SMILES string of the molecule is Cn1ncc(Cl)c1-c1cc(NC(=O)c2ccc(Cl)c(F)c2)ccc1OCCN1CCOCC1. The smallest absolute Gasteiger partial charge is 0.255 e. The number of aryl methyl sites for hydroxylation is 1. The van der Waals surface area contributed by atoms with Crippen molar-refractivity contribution < 1.29 is 18.7 Å². The quantitative estimate of drug-likeness (QED) is 0.525. The third-order valence-corrected chi connectivity index (χ3v) is 5.92. The first-order valence-electron chi connectivity index (χ1n) is 10.4. The van der Waals surface area contributed by atoms with Gasteiger partial charge in [-0.3, -0.25) is 14.4 Å². The number of hydrogen-bond donors (Lipinski definition) is 1. The van der Waals surface area contributed by atoms with Crippen LogP contribution < -0.4 is 10.1 Å². The maximum atomic E-state index is 13.8. The molecule has 0 spiro atoms. The van der Waals surface area contributed by atoms with Crippen LogP contribution in [0.4, 0.5) is 10.1 Å². The number of hydrogen-bond acceptors (Lipinski definition) is 5. The van der Waals surface area contributed by atoms with Crippen molar-refractivity contribution in [1.82, 2.24) is 14.7 Å². The summed E-state index contributed by atoms with van der Waals surface area (Å²) in [5, 5.41) is 7.41. The highest BCUT2D eigenvalue weighted by molar-refractivity contribution is 6.33. The number of amides is 1. The first kappa shape index (κ1) is 23.5. The maximum Gasteiger partial charge on any atom is 0.255 e. The molecule has 0 radical (unpaired) electrons. The van der Waals surface area contributed by atoms with Gasteiger partial charge in [0.05, 0.1) is 35.1 Å². The van der Waals surface area contributed by atoms with Gasteiger partial charge in [0.2, 0.25) is 0 Å². The normalized spacial score (nSPS) is 14.3. The maximum absolute atomic E-state index is 13.8. The third kappa shape index (κ3) is 5.65. The van der Waals surface area contributed by atoms with E-state index < -0.39 is 11.7 Å². The summed E-state index contributed by atoms with van der Waals surface area (Å²) in [7, 11) is 1.78. The van der Waals surface area contributed by atoms with Gasteiger partial charge in [0.15, 0.2) is 0 Å². The summed E-state index contributed by atoms with van der Waals surface area (Å²) in [5.41, 5.74) is 2.00. The van der Waals surface area contributed by atoms with E-state index in [1.165, 1.54) is 12.1 Å². The number of morpholine rings is 1. The number of nitrogens with one attached hydrogen (secondary N) is 1. The van der Waals surface area contributed by atoms with Crippen molar-refractivity contribution >= 4 is 34.8 Å². The van der Waals surface area contributed by atoms with Gasteiger partial charge in [0, 0.05) is 43.5 Å². The van der Waals surface area contributed by atoms with Crippen LogP contribution in [0.25, 0.3) is 11.3 Å². The zero-order chi connectivity index (χ0) is 23.4. The molecule has 33 heavy (non-hydrogen) atoms. The van der Waals surface area contributed by atoms with Gasteiger partial charge >= 0.3 is 0 Å². The molecule has 1 aliphatic rings. The van der Waals surface area contributed by atoms with Gasteiger partial charge in [-0.25, -0.2) is 4.39 Å². The summed E-state index contributed by atoms with van der Waals surface area (Å²) in [4.78, 5) is 14.9. The molecule has 2 aromatic carbocycles. The molecule has 0 aliphatic carbocycles. The van der Waals surface area contributed by atoms with Gasteiger partial charge in [0.1, 0.15) is 18.2 Å². The lowest BCUT2D eigenvalue weighted by molar-refractivity contribution is 0.0323. The third-order valence-electron chi connectivity index (χ3n) is 5.34. The Kier molecular flexibility index (Phi) is 7.49. The number of rotatable bonds is 7. The molecule has 0 saturated carbocycles. The van der Waals surface area contributed by atoms with Crippen LogP contribution in [0.1, 0.15) is 10.4 Å². The average molecular weight is 493 g/mol. The number of carbonyl (C=O) groups is 1. The fourth-order valence-corrected chi connectivity index (χ4v) is 3.97. The Morgan fingerprint density at radius 1 is 1.18 bits per heavy atom. The standard InChI is InChI=1S/C23H23Cl2FN4O3/c1-29-22(19(25)14-27-29)17-13-16(28-23(31)15-2-4-18(24)20(26)12-15)3-5-21(17)33-11-8-30-6-9-32-10-7-30/h2-5,12-14H,6-11H2,1H3,(H,28,31). The molecule has 1 fully saturated rings. The van der Waals surface area contributed by atoms with Crippen LogP contribution in [-0.2, 0) is 11.8 Å². The Labute approximate surface area is 201 Å². The van der Waals surface area contributed by atoms with E-state index >= 15 is 0 Å². The van der Waals surface area contributed by atoms with Crippen LogP contribution in [-0.4, -0.2) is 60.0 Å². The van der Waals surface area contributed by atoms with Crippen molar-refractivity contribution in [2.75, 3.05) is 44.8 Å². The van der Waals surface area contributed by atoms with Crippen LogP contribution >= 0.6 is 23.2 Å². The molecule has 7 nitrogen and oxygen atoms in total. The molecule has 1 aliphatic heterocycles. The number of halogens is 3. The fraction of sp³-hybridized carbons (Fsp3) is 0.304. The largest absolute Gasteiger partial charge is 0.492 e. The van der Waals surface area contributed by atoms with Gasteiger partial charge in [-0.1, -0.05) is 23.2 Å². The minimum atomic E-state index is -0.657. The van der Waals surface area contributed by atoms with E-state index in [1.807, 2.05) is 0 Å². The highest BCUT2D eigenvalue weighted by Crippen LogP contribution is 2.36. The summed E-state index contributed by atoms with van der Waals surface area (Å²) < 4.78 is 26.9. The molecular weight excluding hydrogens is 470 g/mol. The van der Waals surface area contributed by atoms with Gasteiger partial charge < -0.3 is 14.8 Å². The van der Waals surface area contributed by atoms with E-state index in [4.69, 9.17) is 32.7 Å². The molecule has 0 atom stereocenters. The summed E-state index contributed by atoms with van der Waals surface area (Å²) >= 11 is 12.1. The monoisotopic (exact) mass is 492 g/mol. The number of benzene rings is 2. The molecule has 1 aromatic heterocycles. The zero-order valence-electron chi connectivity index (χ0n) is 18.0. The van der Waals surface area contributed by atoms with Crippen molar-refractivity contribution in [1.29, 1.82) is 0 Å². The first-order chi connectivity index (χ1) is 15.9. The second-order valence-electron chi connectivity index (χ2n) is 7.56. The number of carbonyl (C=O) groups excluding carboxylic acids is 1. The van der Waals surface area contributed by atoms with E-state index in [-0.39, 0.29) is 10.6 Å². The minimum absolute atomic E-state index is 0.0433. The molecule has 10 heteroatoms. The molecular formula is C23H23Cl2FN4O3. The predicted molar refractivity (Wildman–Crippen MR) is 126 cm³/mol. The van der Waals surface area contributed by atoms with Gasteiger partial charge in [0.25, 0.3) is 5.91 Å². The highest BCUT2D eigenvalue weighted by Gasteiger charge is 2.18. The van der Waals surface area contributed by atoms with Crippen LogP contribution in [0.15, 0.2) is 42.6 Å². The Morgan fingerprint density at radius 3 is 2.67 bits per heavy atom. The molecule has 174 valence electrons. The van der Waals surface area contributed by atoms with E-state index in [9.17, 15) is 9.18 Å². The molecule has 0 bridgehead atoms. The molecule has 0 unspecified atom stereocenters. The van der Waals surface area contributed by atoms with E-state index in [1.54, 1.807) is 36.1 Å². The fourth-order valence-electron chi connectivity index (χ4n) is 3.58. The number of aromatic nitrogens is 2. The topological polar surface area (TPSA) is 68.6 Å². The van der Waals surface area contributed by atoms with Crippen LogP contribution in [0.3, 0.4) is 0 Å². The average Bonchev–Trinajstić information content (AvgIpc) is 3.15. The predicted octanol–water partition coefficient (Wildman–Crippen LogP) is 4.50. The first-order valence-corrected chi connectivity index (χ1v) is 11.2. The highest BCUT2D eigenvalue weighted by atomic mass is 35.5. The van der Waals surface area contributed by atoms with Crippen molar-refractivity contribution in [3.63, 3.8) is 0 Å². The lowest BCUT2D eigenvalue weighted by Gasteiger charge is -2.26. The molecule has 4 rings (SSSR count). The molecule has 2 heterocycles. The van der Waals surface area contributed by atoms with Crippen LogP contribution in [0.2, 0.25) is 10.0 Å². The van der Waals surface area contributed by atoms with E-state index in [2.05, 4.69) is 15.3 Å². The molecule has 1 amide bonds. The van der Waals surface area contributed by atoms with Gasteiger partial charge in [-0.05, 0) is 36.4 Å². The Morgan fingerprint density at radius 2 is 1.97 bits per heavy atom. The molecule has 1 saturated heterocycles. The Bertz CT molecular complexity index is 1130. The number of ether oxygens (including phenoxy) is 2. The Balaban J connectivity index is 1.55. The van der Waals surface area contributed by atoms with Gasteiger partial charge in [-0.2, -0.15) is 5.10 Å². The van der Waals surface area contributed by atoms with Crippen molar-refractivity contribution in [3.05, 3.63) is 64.0 Å². The summed E-state index contributed by atoms with van der Waals surface area (Å²) in [6.07, 6.45) is 1.55. The summed E-state index contributed by atoms with van der Waals surface area (Å²) in [6.45, 7) is 4.45. The minimum Gasteiger partial charge on any atom is -0.492 e. The van der Waals surface area contributed by atoms with Crippen LogP contribution in [0, 0.1) is 5.82 Å². The van der Waals surface area contributed by atoms with Crippen LogP contribution in [0.5, 0.6) is 5.75 Å². The van der Waals surface area contributed by atoms with Gasteiger partial charge in [-0.15, -0.1) is 0 Å². The van der Waals surface area contributed by atoms with Crippen molar-refractivity contribution in [2.24, 2.45) is 7.05 Å². The lowest BCUT2D eigenvalue weighted by Crippen LogP contribution is -2.38. The molecule has 3 aromatic rings. The summed E-state index contributed by atoms with van der Waals surface area (Å²) in [5.74, 6) is -0.506. The number of anilines is 1. The second kappa shape index (κ2) is 10.5. The van der Waals surface area contributed by atoms with Crippen molar-refractivity contribution in [3.8, 4) is 17.0 Å².